The Hall–Kier alpha value is -0.290. The third-order valence-electron chi connectivity index (χ3n) is 1.60. The molecular weight excluding hydrogens is 181 g/mol. The molecule has 0 aliphatic heterocycles. The predicted octanol–water partition coefficient (Wildman–Crippen LogP) is 0.184. The number of nitrogens with one attached hydrogen (secondary N) is 1. The van der Waals surface area contributed by atoms with Crippen LogP contribution in [0.1, 0.15) is 6.92 Å². The Balaban J connectivity index is 3.90. The van der Waals surface area contributed by atoms with E-state index in [1.54, 1.807) is 0 Å². The van der Waals surface area contributed by atoms with Crippen molar-refractivity contribution in [1.29, 1.82) is 0 Å². The minimum absolute atomic E-state index is 0.0884. The molecule has 0 heterocycles. The van der Waals surface area contributed by atoms with Gasteiger partial charge in [-0.15, -0.1) is 0 Å². The van der Waals surface area contributed by atoms with Crippen LogP contribution >= 0.6 is 11.8 Å². The fourth-order valence-electron chi connectivity index (χ4n) is 0.721. The van der Waals surface area contributed by atoms with Crippen LogP contribution in [-0.4, -0.2) is 41.8 Å². The van der Waals surface area contributed by atoms with E-state index in [1.165, 1.54) is 11.8 Å². The van der Waals surface area contributed by atoms with Crippen LogP contribution in [0.4, 0.5) is 4.39 Å². The number of alkyl halides is 1. The normalized spacial score (nSPS) is 15.3. The summed E-state index contributed by atoms with van der Waals surface area (Å²) in [6.45, 7) is 0.676. The Kier molecular flexibility index (Phi) is 6.10. The quantitative estimate of drug-likeness (QED) is 0.658. The van der Waals surface area contributed by atoms with Gasteiger partial charge in [0.25, 0.3) is 5.91 Å². The molecule has 0 radical (unpaired) electrons. The number of thioether (sulfide) groups is 1. The summed E-state index contributed by atoms with van der Waals surface area (Å²) in [7, 11) is 0. The second-order valence-corrected chi connectivity index (χ2v) is 3.65. The molecule has 2 atom stereocenters. The van der Waals surface area contributed by atoms with Crippen molar-refractivity contribution in [2.75, 3.05) is 19.5 Å². The molecule has 0 rings (SSSR count). The Morgan fingerprint density at radius 1 is 1.75 bits per heavy atom. The standard InChI is InChI=1S/C7H14FNO2S/c1-5(12-2)6(4-10)9-7(11)3-8/h5-6,10H,3-4H2,1-2H3,(H,9,11)/t5?,6-/m1/s1. The largest absolute Gasteiger partial charge is 0.394 e. The highest BCUT2D eigenvalue weighted by molar-refractivity contribution is 7.99. The Labute approximate surface area is 75.7 Å². The lowest BCUT2D eigenvalue weighted by Gasteiger charge is -2.20. The van der Waals surface area contributed by atoms with Gasteiger partial charge in [-0.05, 0) is 6.26 Å². The van der Waals surface area contributed by atoms with Crippen molar-refractivity contribution < 1.29 is 14.3 Å². The molecule has 0 aliphatic carbocycles. The minimum Gasteiger partial charge on any atom is -0.394 e. The van der Waals surface area contributed by atoms with Gasteiger partial charge in [0.15, 0.2) is 6.67 Å². The van der Waals surface area contributed by atoms with Crippen molar-refractivity contribution in [2.24, 2.45) is 0 Å². The number of amides is 1. The summed E-state index contributed by atoms with van der Waals surface area (Å²) in [5.74, 6) is -0.671. The summed E-state index contributed by atoms with van der Waals surface area (Å²) in [4.78, 5) is 10.6. The van der Waals surface area contributed by atoms with E-state index < -0.39 is 12.6 Å². The number of carbonyl (C=O) groups excluding carboxylic acids is 1. The van der Waals surface area contributed by atoms with Gasteiger partial charge >= 0.3 is 0 Å². The Morgan fingerprint density at radius 3 is 2.67 bits per heavy atom. The van der Waals surface area contributed by atoms with Gasteiger partial charge in [-0.2, -0.15) is 11.8 Å². The molecule has 5 heteroatoms. The minimum atomic E-state index is -1.03. The second-order valence-electron chi connectivity index (χ2n) is 2.43. The topological polar surface area (TPSA) is 49.3 Å². The smallest absolute Gasteiger partial charge is 0.251 e. The molecule has 0 saturated carbocycles. The molecule has 1 unspecified atom stereocenters. The lowest BCUT2D eigenvalue weighted by molar-refractivity contribution is -0.122. The highest BCUT2D eigenvalue weighted by Gasteiger charge is 2.17. The van der Waals surface area contributed by atoms with E-state index in [4.69, 9.17) is 5.11 Å². The van der Waals surface area contributed by atoms with Crippen LogP contribution in [0.5, 0.6) is 0 Å². The first-order valence-corrected chi connectivity index (χ1v) is 4.93. The summed E-state index contributed by atoms with van der Waals surface area (Å²) >= 11 is 1.51. The van der Waals surface area contributed by atoms with Crippen LogP contribution in [0.3, 0.4) is 0 Å². The maximum atomic E-state index is 11.8. The lowest BCUT2D eigenvalue weighted by atomic mass is 10.2. The third-order valence-corrected chi connectivity index (χ3v) is 2.67. The van der Waals surface area contributed by atoms with Crippen molar-refractivity contribution in [3.63, 3.8) is 0 Å². The first-order chi connectivity index (χ1) is 5.65. The second kappa shape index (κ2) is 6.25. The van der Waals surface area contributed by atoms with Crippen molar-refractivity contribution >= 4 is 17.7 Å². The summed E-state index contributed by atoms with van der Waals surface area (Å²) in [6.07, 6.45) is 1.87. The van der Waals surface area contributed by atoms with Crippen LogP contribution in [0.25, 0.3) is 0 Å². The fraction of sp³-hybridized carbons (Fsp3) is 0.857. The first kappa shape index (κ1) is 11.7. The molecule has 3 nitrogen and oxygen atoms in total. The molecule has 0 fully saturated rings. The number of rotatable bonds is 5. The lowest BCUT2D eigenvalue weighted by Crippen LogP contribution is -2.44. The highest BCUT2D eigenvalue weighted by atomic mass is 32.2. The van der Waals surface area contributed by atoms with Crippen LogP contribution in [-0.2, 0) is 4.79 Å². The van der Waals surface area contributed by atoms with Gasteiger partial charge in [0, 0.05) is 5.25 Å². The van der Waals surface area contributed by atoms with Crippen molar-refractivity contribution in [3.05, 3.63) is 0 Å². The summed E-state index contributed by atoms with van der Waals surface area (Å²) in [5.41, 5.74) is 0. The average Bonchev–Trinajstić information content (AvgIpc) is 2.12. The SMILES string of the molecule is CSC(C)[C@@H](CO)NC(=O)CF. The Bertz CT molecular complexity index is 145. The molecule has 0 spiro atoms. The molecule has 72 valence electrons. The van der Waals surface area contributed by atoms with E-state index in [-0.39, 0.29) is 17.9 Å². The van der Waals surface area contributed by atoms with Crippen molar-refractivity contribution in [2.45, 2.75) is 18.2 Å². The molecule has 2 N–H and O–H groups in total. The van der Waals surface area contributed by atoms with Gasteiger partial charge in [-0.25, -0.2) is 4.39 Å². The maximum absolute atomic E-state index is 11.8. The number of hydrogen-bond donors (Lipinski definition) is 2. The molecule has 0 aliphatic rings. The highest BCUT2D eigenvalue weighted by Crippen LogP contribution is 2.09. The van der Waals surface area contributed by atoms with Crippen molar-refractivity contribution in [3.8, 4) is 0 Å². The molecule has 0 bridgehead atoms. The number of hydrogen-bond acceptors (Lipinski definition) is 3. The molecule has 12 heavy (non-hydrogen) atoms. The fourth-order valence-corrected chi connectivity index (χ4v) is 1.20. The zero-order valence-corrected chi connectivity index (χ0v) is 8.03. The van der Waals surface area contributed by atoms with Gasteiger partial charge in [-0.3, -0.25) is 4.79 Å². The Morgan fingerprint density at radius 2 is 2.33 bits per heavy atom. The van der Waals surface area contributed by atoms with E-state index in [1.807, 2.05) is 13.2 Å². The van der Waals surface area contributed by atoms with Gasteiger partial charge < -0.3 is 10.4 Å². The van der Waals surface area contributed by atoms with Crippen molar-refractivity contribution in [1.82, 2.24) is 5.32 Å². The van der Waals surface area contributed by atoms with Crippen LogP contribution in [0.15, 0.2) is 0 Å². The van der Waals surface area contributed by atoms with E-state index in [0.29, 0.717) is 0 Å². The monoisotopic (exact) mass is 195 g/mol. The van der Waals surface area contributed by atoms with E-state index >= 15 is 0 Å². The van der Waals surface area contributed by atoms with Crippen LogP contribution < -0.4 is 5.32 Å². The zero-order chi connectivity index (χ0) is 9.56. The van der Waals surface area contributed by atoms with Crippen LogP contribution in [0.2, 0.25) is 0 Å². The summed E-state index contributed by atoms with van der Waals surface area (Å²) in [5, 5.41) is 11.3. The van der Waals surface area contributed by atoms with Gasteiger partial charge in [0.2, 0.25) is 0 Å². The molecular formula is C7H14FNO2S. The van der Waals surface area contributed by atoms with E-state index in [9.17, 15) is 9.18 Å². The molecule has 0 aromatic rings. The van der Waals surface area contributed by atoms with E-state index in [2.05, 4.69) is 5.32 Å². The summed E-state index contributed by atoms with van der Waals surface area (Å²) < 4.78 is 11.8. The maximum Gasteiger partial charge on any atom is 0.251 e. The number of carbonyl (C=O) groups is 1. The van der Waals surface area contributed by atoms with Gasteiger partial charge in [-0.1, -0.05) is 6.92 Å². The van der Waals surface area contributed by atoms with E-state index in [0.717, 1.165) is 0 Å². The van der Waals surface area contributed by atoms with Gasteiger partial charge in [0.1, 0.15) is 0 Å². The molecule has 0 aromatic carbocycles. The number of halogens is 1. The average molecular weight is 195 g/mol. The predicted molar refractivity (Wildman–Crippen MR) is 48.0 cm³/mol. The first-order valence-electron chi connectivity index (χ1n) is 3.64. The van der Waals surface area contributed by atoms with Crippen LogP contribution in [0, 0.1) is 0 Å². The number of aliphatic hydroxyl groups excluding tert-OH is 1. The number of aliphatic hydroxyl groups is 1. The van der Waals surface area contributed by atoms with Gasteiger partial charge in [0.05, 0.1) is 12.6 Å². The third kappa shape index (κ3) is 3.92. The molecule has 0 saturated heterocycles. The molecule has 1 amide bonds. The zero-order valence-electron chi connectivity index (χ0n) is 7.21. The molecule has 0 aromatic heterocycles. The summed E-state index contributed by atoms with van der Waals surface area (Å²) in [6, 6.07) is -0.358.